The second-order valence-corrected chi connectivity index (χ2v) is 9.73. The fourth-order valence-electron chi connectivity index (χ4n) is 3.82. The number of sulfone groups is 1. The molecule has 1 aliphatic heterocycles. The lowest BCUT2D eigenvalue weighted by Gasteiger charge is -2.34. The number of oxazole rings is 1. The first-order valence-electron chi connectivity index (χ1n) is 10.8. The van der Waals surface area contributed by atoms with Crippen LogP contribution < -0.4 is 9.64 Å². The molecule has 0 N–H and O–H groups in total. The van der Waals surface area contributed by atoms with E-state index in [1.54, 1.807) is 41.3 Å². The predicted octanol–water partition coefficient (Wildman–Crippen LogP) is 3.55. The van der Waals surface area contributed by atoms with Crippen molar-refractivity contribution in [3.05, 3.63) is 54.1 Å². The Kier molecular flexibility index (Phi) is 6.42. The molecule has 8 nitrogen and oxygen atoms in total. The van der Waals surface area contributed by atoms with Crippen LogP contribution in [0.25, 0.3) is 11.5 Å². The zero-order valence-electron chi connectivity index (χ0n) is 18.9. The third kappa shape index (κ3) is 4.45. The minimum atomic E-state index is -3.94. The lowest BCUT2D eigenvalue weighted by molar-refractivity contribution is -0.131. The number of amides is 1. The van der Waals surface area contributed by atoms with Crippen LogP contribution in [0.4, 0.5) is 5.88 Å². The number of piperazine rings is 1. The predicted molar refractivity (Wildman–Crippen MR) is 124 cm³/mol. The minimum absolute atomic E-state index is 0.0782. The van der Waals surface area contributed by atoms with Crippen LogP contribution in [-0.4, -0.2) is 57.5 Å². The van der Waals surface area contributed by atoms with Gasteiger partial charge in [-0.1, -0.05) is 36.8 Å². The van der Waals surface area contributed by atoms with Crippen molar-refractivity contribution in [2.24, 2.45) is 0 Å². The van der Waals surface area contributed by atoms with Gasteiger partial charge in [-0.15, -0.1) is 0 Å². The molecule has 0 saturated carbocycles. The van der Waals surface area contributed by atoms with Crippen molar-refractivity contribution in [2.45, 2.75) is 30.2 Å². The zero-order chi connectivity index (χ0) is 23.6. The van der Waals surface area contributed by atoms with Crippen molar-refractivity contribution in [1.82, 2.24) is 9.88 Å². The first kappa shape index (κ1) is 22.8. The van der Waals surface area contributed by atoms with Crippen LogP contribution in [0.5, 0.6) is 5.75 Å². The summed E-state index contributed by atoms with van der Waals surface area (Å²) in [5, 5.41) is -0.137. The van der Waals surface area contributed by atoms with E-state index in [0.717, 1.165) is 5.56 Å². The summed E-state index contributed by atoms with van der Waals surface area (Å²) in [6.45, 7) is 5.60. The highest BCUT2D eigenvalue weighted by Crippen LogP contribution is 2.38. The smallest absolute Gasteiger partial charge is 0.236 e. The Balaban J connectivity index is 1.79. The van der Waals surface area contributed by atoms with Crippen LogP contribution in [0.3, 0.4) is 0 Å². The standard InChI is InChI=1S/C24H27N3O5S/c1-4-21(28)26-13-15-27(16-14-26)24-23(33(29,30)18-11-9-17(2)10-12-18)25-22(32-24)19-7-5-6-8-20(19)31-3/h5-12H,4,13-16H2,1-3H3. The van der Waals surface area contributed by atoms with Gasteiger partial charge in [-0.05, 0) is 31.2 Å². The second kappa shape index (κ2) is 9.27. The zero-order valence-corrected chi connectivity index (χ0v) is 19.8. The molecule has 1 amide bonds. The Hall–Kier alpha value is -3.33. The van der Waals surface area contributed by atoms with Crippen LogP contribution in [0.15, 0.2) is 62.9 Å². The van der Waals surface area contributed by atoms with Crippen LogP contribution in [0, 0.1) is 6.92 Å². The van der Waals surface area contributed by atoms with Gasteiger partial charge < -0.3 is 19.0 Å². The number of aromatic nitrogens is 1. The van der Waals surface area contributed by atoms with Crippen molar-refractivity contribution < 1.29 is 22.4 Å². The molecule has 0 unspecified atom stereocenters. The highest BCUT2D eigenvalue weighted by Gasteiger charge is 2.33. The van der Waals surface area contributed by atoms with Crippen molar-refractivity contribution in [3.8, 4) is 17.2 Å². The van der Waals surface area contributed by atoms with E-state index in [4.69, 9.17) is 9.15 Å². The van der Waals surface area contributed by atoms with Gasteiger partial charge in [0.05, 0.1) is 17.6 Å². The maximum Gasteiger partial charge on any atom is 0.236 e. The SMILES string of the molecule is CCC(=O)N1CCN(c2oc(-c3ccccc3OC)nc2S(=O)(=O)c2ccc(C)cc2)CC1. The number of aryl methyl sites for hydroxylation is 1. The first-order chi connectivity index (χ1) is 15.8. The molecule has 1 fully saturated rings. The molecule has 0 spiro atoms. The topological polar surface area (TPSA) is 92.9 Å². The van der Waals surface area contributed by atoms with Gasteiger partial charge in [0, 0.05) is 32.6 Å². The molecule has 9 heteroatoms. The van der Waals surface area contributed by atoms with E-state index in [9.17, 15) is 13.2 Å². The Labute approximate surface area is 193 Å². The van der Waals surface area contributed by atoms with Crippen LogP contribution in [-0.2, 0) is 14.6 Å². The lowest BCUT2D eigenvalue weighted by Crippen LogP contribution is -2.48. The number of anilines is 1. The molecule has 3 aromatic rings. The van der Waals surface area contributed by atoms with Crippen LogP contribution >= 0.6 is 0 Å². The van der Waals surface area contributed by atoms with Gasteiger partial charge in [-0.3, -0.25) is 4.79 Å². The molecular formula is C24H27N3O5S. The number of rotatable bonds is 6. The normalized spacial score (nSPS) is 14.4. The van der Waals surface area contributed by atoms with Gasteiger partial charge in [0.25, 0.3) is 0 Å². The maximum atomic E-state index is 13.6. The number of ether oxygens (including phenoxy) is 1. The quantitative estimate of drug-likeness (QED) is 0.545. The average molecular weight is 470 g/mol. The number of methoxy groups -OCH3 is 1. The van der Waals surface area contributed by atoms with Crippen molar-refractivity contribution in [3.63, 3.8) is 0 Å². The van der Waals surface area contributed by atoms with E-state index in [0.29, 0.717) is 43.9 Å². The molecule has 0 atom stereocenters. The number of para-hydroxylation sites is 1. The summed E-state index contributed by atoms with van der Waals surface area (Å²) in [5.74, 6) is 0.956. The molecule has 0 aliphatic carbocycles. The number of hydrogen-bond acceptors (Lipinski definition) is 7. The molecule has 33 heavy (non-hydrogen) atoms. The van der Waals surface area contributed by atoms with Crippen molar-refractivity contribution in [2.75, 3.05) is 38.2 Å². The Morgan fingerprint density at radius 1 is 1.06 bits per heavy atom. The van der Waals surface area contributed by atoms with Crippen LogP contribution in [0.2, 0.25) is 0 Å². The summed E-state index contributed by atoms with van der Waals surface area (Å²) in [4.78, 5) is 20.3. The number of carbonyl (C=O) groups excluding carboxylic acids is 1. The molecule has 174 valence electrons. The summed E-state index contributed by atoms with van der Waals surface area (Å²) < 4.78 is 38.7. The highest BCUT2D eigenvalue weighted by molar-refractivity contribution is 7.91. The highest BCUT2D eigenvalue weighted by atomic mass is 32.2. The molecule has 4 rings (SSSR count). The van der Waals surface area contributed by atoms with E-state index >= 15 is 0 Å². The summed E-state index contributed by atoms with van der Waals surface area (Å²) in [6, 6.07) is 13.8. The number of benzene rings is 2. The molecule has 1 aromatic heterocycles. The first-order valence-corrected chi connectivity index (χ1v) is 12.3. The summed E-state index contributed by atoms with van der Waals surface area (Å²) in [5.41, 5.74) is 1.52. The van der Waals surface area contributed by atoms with E-state index in [2.05, 4.69) is 4.98 Å². The molecule has 0 bridgehead atoms. The fourth-order valence-corrected chi connectivity index (χ4v) is 5.14. The monoisotopic (exact) mass is 469 g/mol. The third-order valence-electron chi connectivity index (χ3n) is 5.72. The Morgan fingerprint density at radius 2 is 1.73 bits per heavy atom. The molecule has 1 saturated heterocycles. The van der Waals surface area contributed by atoms with Gasteiger partial charge in [0.15, 0.2) is 0 Å². The van der Waals surface area contributed by atoms with Crippen molar-refractivity contribution >= 4 is 21.6 Å². The van der Waals surface area contributed by atoms with E-state index in [-0.39, 0.29) is 27.6 Å². The third-order valence-corrected chi connectivity index (χ3v) is 7.39. The van der Waals surface area contributed by atoms with E-state index < -0.39 is 9.84 Å². The molecule has 0 radical (unpaired) electrons. The average Bonchev–Trinajstić information content (AvgIpc) is 3.30. The van der Waals surface area contributed by atoms with Gasteiger partial charge in [0.1, 0.15) is 5.75 Å². The summed E-state index contributed by atoms with van der Waals surface area (Å²) in [6.07, 6.45) is 0.438. The van der Waals surface area contributed by atoms with E-state index in [1.165, 1.54) is 7.11 Å². The number of nitrogens with zero attached hydrogens (tertiary/aromatic N) is 3. The summed E-state index contributed by atoms with van der Waals surface area (Å²) >= 11 is 0. The molecule has 2 aromatic carbocycles. The van der Waals surface area contributed by atoms with Gasteiger partial charge >= 0.3 is 0 Å². The van der Waals surface area contributed by atoms with Gasteiger partial charge in [-0.25, -0.2) is 8.42 Å². The minimum Gasteiger partial charge on any atom is -0.496 e. The Morgan fingerprint density at radius 3 is 2.36 bits per heavy atom. The number of hydrogen-bond donors (Lipinski definition) is 0. The maximum absolute atomic E-state index is 13.6. The van der Waals surface area contributed by atoms with Crippen molar-refractivity contribution in [1.29, 1.82) is 0 Å². The number of carbonyl (C=O) groups is 1. The summed E-state index contributed by atoms with van der Waals surface area (Å²) in [7, 11) is -2.41. The Bertz CT molecular complexity index is 1240. The molecular weight excluding hydrogens is 442 g/mol. The van der Waals surface area contributed by atoms with Gasteiger partial charge in [0.2, 0.25) is 32.5 Å². The molecule has 1 aliphatic rings. The lowest BCUT2D eigenvalue weighted by atomic mass is 10.2. The van der Waals surface area contributed by atoms with Gasteiger partial charge in [-0.2, -0.15) is 4.98 Å². The van der Waals surface area contributed by atoms with Crippen LogP contribution in [0.1, 0.15) is 18.9 Å². The largest absolute Gasteiger partial charge is 0.496 e. The fraction of sp³-hybridized carbons (Fsp3) is 0.333. The molecule has 2 heterocycles. The second-order valence-electron chi connectivity index (χ2n) is 7.87. The van der Waals surface area contributed by atoms with E-state index in [1.807, 2.05) is 30.9 Å².